The van der Waals surface area contributed by atoms with Crippen LogP contribution >= 0.6 is 0 Å². The van der Waals surface area contributed by atoms with E-state index in [-0.39, 0.29) is 0 Å². The van der Waals surface area contributed by atoms with Crippen molar-refractivity contribution in [3.63, 3.8) is 0 Å². The maximum absolute atomic E-state index is 4.39. The first-order valence-electron chi connectivity index (χ1n) is 5.44. The molecule has 0 bridgehead atoms. The van der Waals surface area contributed by atoms with E-state index in [2.05, 4.69) is 15.4 Å². The van der Waals surface area contributed by atoms with E-state index in [4.69, 9.17) is 0 Å². The van der Waals surface area contributed by atoms with Gasteiger partial charge in [0.25, 0.3) is 0 Å². The van der Waals surface area contributed by atoms with Crippen LogP contribution in [-0.2, 0) is 0 Å². The fraction of sp³-hybridized carbons (Fsp3) is 0.0769. The van der Waals surface area contributed by atoms with Crippen LogP contribution in [0.5, 0.6) is 0 Å². The van der Waals surface area contributed by atoms with Crippen molar-refractivity contribution in [1.29, 1.82) is 0 Å². The van der Waals surface area contributed by atoms with Gasteiger partial charge < -0.3 is 5.32 Å². The molecule has 1 N–H and O–H groups in total. The molecule has 4 nitrogen and oxygen atoms in total. The maximum atomic E-state index is 4.39. The summed E-state index contributed by atoms with van der Waals surface area (Å²) < 4.78 is 1.89. The normalized spacial score (nSPS) is 10.6. The largest absolute Gasteiger partial charge is 0.387 e. The lowest BCUT2D eigenvalue weighted by Crippen LogP contribution is -1.98. The summed E-state index contributed by atoms with van der Waals surface area (Å²) >= 11 is 0. The van der Waals surface area contributed by atoms with Crippen molar-refractivity contribution in [3.8, 4) is 5.69 Å². The molecule has 0 radical (unpaired) electrons. The lowest BCUT2D eigenvalue weighted by molar-refractivity contribution is 0.903. The summed E-state index contributed by atoms with van der Waals surface area (Å²) in [6, 6.07) is 10.1. The molecule has 0 saturated heterocycles. The predicted molar refractivity (Wildman–Crippen MR) is 68.4 cm³/mol. The van der Waals surface area contributed by atoms with Crippen LogP contribution in [0.15, 0.2) is 48.9 Å². The Kier molecular flexibility index (Phi) is 2.26. The van der Waals surface area contributed by atoms with Crippen LogP contribution in [0, 0.1) is 0 Å². The summed E-state index contributed by atoms with van der Waals surface area (Å²) in [5.74, 6) is 0. The molecule has 3 rings (SSSR count). The molecule has 2 heterocycles. The third kappa shape index (κ3) is 1.63. The van der Waals surface area contributed by atoms with Crippen LogP contribution < -0.4 is 5.32 Å². The highest BCUT2D eigenvalue weighted by Crippen LogP contribution is 2.18. The number of para-hydroxylation sites is 1. The summed E-state index contributed by atoms with van der Waals surface area (Å²) in [7, 11) is 1.88. The molecule has 0 aliphatic rings. The minimum atomic E-state index is 0.957. The molecular formula is C13H12N4. The average Bonchev–Trinajstić information content (AvgIpc) is 2.82. The van der Waals surface area contributed by atoms with Crippen LogP contribution in [0.2, 0.25) is 0 Å². The molecule has 17 heavy (non-hydrogen) atoms. The molecule has 0 unspecified atom stereocenters. The summed E-state index contributed by atoms with van der Waals surface area (Å²) in [5, 5.41) is 8.59. The van der Waals surface area contributed by atoms with E-state index in [1.54, 1.807) is 12.4 Å². The van der Waals surface area contributed by atoms with Gasteiger partial charge in [0.05, 0.1) is 35.5 Å². The van der Waals surface area contributed by atoms with Crippen LogP contribution in [-0.4, -0.2) is 21.8 Å². The van der Waals surface area contributed by atoms with Gasteiger partial charge >= 0.3 is 0 Å². The van der Waals surface area contributed by atoms with E-state index in [0.29, 0.717) is 0 Å². The van der Waals surface area contributed by atoms with E-state index in [1.807, 2.05) is 48.3 Å². The number of nitrogens with zero attached hydrogens (tertiary/aromatic N) is 3. The highest BCUT2D eigenvalue weighted by atomic mass is 15.3. The molecule has 0 atom stereocenters. The molecule has 0 aliphatic heterocycles. The third-order valence-corrected chi connectivity index (χ3v) is 2.73. The highest BCUT2D eigenvalue weighted by Gasteiger charge is 2.04. The Hall–Kier alpha value is -2.36. The third-order valence-electron chi connectivity index (χ3n) is 2.73. The highest BCUT2D eigenvalue weighted by molar-refractivity contribution is 5.80. The first-order valence-corrected chi connectivity index (χ1v) is 5.44. The molecule has 0 amide bonds. The number of hydrogen-bond donors (Lipinski definition) is 1. The predicted octanol–water partition coefficient (Wildman–Crippen LogP) is 2.46. The van der Waals surface area contributed by atoms with Crippen molar-refractivity contribution in [2.75, 3.05) is 12.4 Å². The molecule has 0 spiro atoms. The van der Waals surface area contributed by atoms with Gasteiger partial charge in [-0.05, 0) is 12.1 Å². The summed E-state index contributed by atoms with van der Waals surface area (Å²) in [6.07, 6.45) is 5.46. The second kappa shape index (κ2) is 3.90. The van der Waals surface area contributed by atoms with E-state index >= 15 is 0 Å². The fourth-order valence-electron chi connectivity index (χ4n) is 1.86. The molecule has 84 valence electrons. The first-order chi connectivity index (χ1) is 8.38. The summed E-state index contributed by atoms with van der Waals surface area (Å²) in [4.78, 5) is 4.19. The van der Waals surface area contributed by atoms with Gasteiger partial charge in [0.1, 0.15) is 0 Å². The second-order valence-corrected chi connectivity index (χ2v) is 3.80. The van der Waals surface area contributed by atoms with Crippen LogP contribution in [0.25, 0.3) is 16.6 Å². The van der Waals surface area contributed by atoms with Crippen LogP contribution in [0.3, 0.4) is 0 Å². The van der Waals surface area contributed by atoms with Gasteiger partial charge in [0, 0.05) is 12.4 Å². The lowest BCUT2D eigenvalue weighted by Gasteiger charge is -2.05. The number of aromatic nitrogens is 3. The number of nitrogens with one attached hydrogen (secondary N) is 1. The lowest BCUT2D eigenvalue weighted by atomic mass is 10.2. The van der Waals surface area contributed by atoms with Crippen LogP contribution in [0.4, 0.5) is 5.69 Å². The van der Waals surface area contributed by atoms with Gasteiger partial charge in [-0.3, -0.25) is 4.98 Å². The average molecular weight is 224 g/mol. The molecule has 0 aliphatic carbocycles. The molecule has 2 aromatic heterocycles. The Morgan fingerprint density at radius 1 is 1.12 bits per heavy atom. The zero-order valence-electron chi connectivity index (χ0n) is 9.46. The smallest absolute Gasteiger partial charge is 0.0856 e. The Bertz CT molecular complexity index is 657. The molecule has 1 aromatic carbocycles. The van der Waals surface area contributed by atoms with Gasteiger partial charge in [-0.1, -0.05) is 18.2 Å². The molecular weight excluding hydrogens is 212 g/mol. The van der Waals surface area contributed by atoms with Gasteiger partial charge in [-0.25, -0.2) is 4.68 Å². The van der Waals surface area contributed by atoms with Gasteiger partial charge in [0.15, 0.2) is 0 Å². The van der Waals surface area contributed by atoms with Crippen molar-refractivity contribution in [1.82, 2.24) is 14.8 Å². The topological polar surface area (TPSA) is 42.7 Å². The Morgan fingerprint density at radius 3 is 2.88 bits per heavy atom. The van der Waals surface area contributed by atoms with E-state index in [1.165, 1.54) is 0 Å². The quantitative estimate of drug-likeness (QED) is 0.727. The van der Waals surface area contributed by atoms with Gasteiger partial charge in [-0.2, -0.15) is 5.10 Å². The van der Waals surface area contributed by atoms with Crippen LogP contribution in [0.1, 0.15) is 0 Å². The molecule has 3 aromatic rings. The zero-order chi connectivity index (χ0) is 11.7. The molecule has 0 fully saturated rings. The number of benzene rings is 1. The Labute approximate surface area is 98.9 Å². The van der Waals surface area contributed by atoms with Gasteiger partial charge in [-0.15, -0.1) is 0 Å². The number of hydrogen-bond acceptors (Lipinski definition) is 3. The maximum Gasteiger partial charge on any atom is 0.0856 e. The Balaban J connectivity index is 2.20. The minimum Gasteiger partial charge on any atom is -0.387 e. The fourth-order valence-corrected chi connectivity index (χ4v) is 1.86. The minimum absolute atomic E-state index is 0.957. The SMILES string of the molecule is CNc1cncc(-n2ncc3ccccc32)c1. The van der Waals surface area contributed by atoms with Crippen molar-refractivity contribution in [2.24, 2.45) is 0 Å². The number of rotatable bonds is 2. The Morgan fingerprint density at radius 2 is 2.00 bits per heavy atom. The monoisotopic (exact) mass is 224 g/mol. The number of pyridine rings is 1. The van der Waals surface area contributed by atoms with Crippen molar-refractivity contribution in [3.05, 3.63) is 48.9 Å². The number of fused-ring (bicyclic) bond motifs is 1. The van der Waals surface area contributed by atoms with E-state index in [9.17, 15) is 0 Å². The number of anilines is 1. The first kappa shape index (κ1) is 9.84. The zero-order valence-corrected chi connectivity index (χ0v) is 9.46. The van der Waals surface area contributed by atoms with E-state index < -0.39 is 0 Å². The van der Waals surface area contributed by atoms with Crippen molar-refractivity contribution < 1.29 is 0 Å². The van der Waals surface area contributed by atoms with Crippen molar-refractivity contribution in [2.45, 2.75) is 0 Å². The summed E-state index contributed by atoms with van der Waals surface area (Å²) in [5.41, 5.74) is 3.02. The molecule has 4 heteroatoms. The van der Waals surface area contributed by atoms with Gasteiger partial charge in [0.2, 0.25) is 0 Å². The second-order valence-electron chi connectivity index (χ2n) is 3.80. The van der Waals surface area contributed by atoms with Crippen molar-refractivity contribution >= 4 is 16.6 Å². The summed E-state index contributed by atoms with van der Waals surface area (Å²) in [6.45, 7) is 0. The van der Waals surface area contributed by atoms with E-state index in [0.717, 1.165) is 22.3 Å². The molecule has 0 saturated carbocycles. The standard InChI is InChI=1S/C13H12N4/c1-14-11-6-12(9-15-8-11)17-13-5-3-2-4-10(13)7-16-17/h2-9,14H,1H3.